The van der Waals surface area contributed by atoms with E-state index in [1.165, 1.54) is 12.8 Å². The highest BCUT2D eigenvalue weighted by Crippen LogP contribution is 2.36. The van der Waals surface area contributed by atoms with Crippen LogP contribution >= 0.6 is 0 Å². The van der Waals surface area contributed by atoms with Gasteiger partial charge < -0.3 is 14.2 Å². The number of methoxy groups -OCH3 is 1. The van der Waals surface area contributed by atoms with Crippen LogP contribution in [0.1, 0.15) is 68.1 Å². The Morgan fingerprint density at radius 2 is 2.11 bits per heavy atom. The zero-order valence-corrected chi connectivity index (χ0v) is 16.4. The largest absolute Gasteiger partial charge is 0.497 e. The minimum Gasteiger partial charge on any atom is -0.497 e. The van der Waals surface area contributed by atoms with E-state index in [1.54, 1.807) is 7.11 Å². The number of aromatic nitrogens is 2. The van der Waals surface area contributed by atoms with Crippen LogP contribution in [0, 0.1) is 0 Å². The Balaban J connectivity index is 1.71. The highest BCUT2D eigenvalue weighted by Gasteiger charge is 2.29. The van der Waals surface area contributed by atoms with Gasteiger partial charge in [-0.1, -0.05) is 12.1 Å². The average molecular weight is 367 g/mol. The Bertz CT molecular complexity index is 808. The van der Waals surface area contributed by atoms with Crippen molar-refractivity contribution in [2.75, 3.05) is 20.2 Å². The fourth-order valence-electron chi connectivity index (χ4n) is 4.57. The van der Waals surface area contributed by atoms with Crippen molar-refractivity contribution >= 4 is 5.91 Å². The fraction of sp³-hybridized carbons (Fsp3) is 0.545. The SMILES string of the molecule is COc1cccc([C@H](CC(=O)N2CCCC2)c2cnc3n2[C@@H](C)CCC3)c1. The fourth-order valence-corrected chi connectivity index (χ4v) is 4.57. The lowest BCUT2D eigenvalue weighted by Crippen LogP contribution is -2.30. The summed E-state index contributed by atoms with van der Waals surface area (Å²) >= 11 is 0. The molecule has 1 aromatic heterocycles. The molecule has 1 amide bonds. The van der Waals surface area contributed by atoms with Gasteiger partial charge in [0.05, 0.1) is 7.11 Å². The van der Waals surface area contributed by atoms with Crippen LogP contribution in [0.3, 0.4) is 0 Å². The minimum atomic E-state index is 0.00926. The molecule has 0 unspecified atom stereocenters. The smallest absolute Gasteiger partial charge is 0.223 e. The molecule has 0 radical (unpaired) electrons. The van der Waals surface area contributed by atoms with E-state index < -0.39 is 0 Å². The number of ether oxygens (including phenoxy) is 1. The number of hydrogen-bond acceptors (Lipinski definition) is 3. The predicted octanol–water partition coefficient (Wildman–Crippen LogP) is 3.93. The second-order valence-electron chi connectivity index (χ2n) is 7.83. The van der Waals surface area contributed by atoms with Gasteiger partial charge in [0.2, 0.25) is 5.91 Å². The molecule has 2 aliphatic rings. The molecule has 0 bridgehead atoms. The molecule has 0 spiro atoms. The van der Waals surface area contributed by atoms with Crippen LogP contribution < -0.4 is 4.74 Å². The lowest BCUT2D eigenvalue weighted by molar-refractivity contribution is -0.130. The van der Waals surface area contributed by atoms with Crippen molar-refractivity contribution in [3.63, 3.8) is 0 Å². The standard InChI is InChI=1S/C22H29N3O2/c1-16-7-5-10-21-23-15-20(25(16)21)19(14-22(26)24-11-3-4-12-24)17-8-6-9-18(13-17)27-2/h6,8-9,13,15-16,19H,3-5,7,10-12,14H2,1-2H3/t16-,19-/m0/s1. The summed E-state index contributed by atoms with van der Waals surface area (Å²) in [6.07, 6.45) is 8.11. The summed E-state index contributed by atoms with van der Waals surface area (Å²) in [5.74, 6) is 2.25. The van der Waals surface area contributed by atoms with Crippen LogP contribution in [-0.4, -0.2) is 40.6 Å². The maximum Gasteiger partial charge on any atom is 0.223 e. The average Bonchev–Trinajstić information content (AvgIpc) is 3.37. The number of hydrogen-bond donors (Lipinski definition) is 0. The van der Waals surface area contributed by atoms with Gasteiger partial charge >= 0.3 is 0 Å². The Hall–Kier alpha value is -2.30. The number of fused-ring (bicyclic) bond motifs is 1. The van der Waals surface area contributed by atoms with Gasteiger partial charge in [-0.05, 0) is 50.3 Å². The maximum atomic E-state index is 13.0. The number of benzene rings is 1. The van der Waals surface area contributed by atoms with Crippen molar-refractivity contribution < 1.29 is 9.53 Å². The van der Waals surface area contributed by atoms with E-state index in [9.17, 15) is 4.79 Å². The number of carbonyl (C=O) groups excluding carboxylic acids is 1. The molecule has 2 aromatic rings. The molecule has 0 saturated carbocycles. The second kappa shape index (κ2) is 7.75. The van der Waals surface area contributed by atoms with Crippen molar-refractivity contribution in [3.05, 3.63) is 47.5 Å². The summed E-state index contributed by atoms with van der Waals surface area (Å²) in [7, 11) is 1.69. The third-order valence-corrected chi connectivity index (χ3v) is 6.06. The quantitative estimate of drug-likeness (QED) is 0.804. The van der Waals surface area contributed by atoms with Crippen molar-refractivity contribution in [1.29, 1.82) is 0 Å². The molecule has 1 fully saturated rings. The van der Waals surface area contributed by atoms with E-state index in [0.717, 1.165) is 55.2 Å². The van der Waals surface area contributed by atoms with E-state index >= 15 is 0 Å². The molecule has 4 rings (SSSR count). The first kappa shape index (κ1) is 18.1. The number of amides is 1. The van der Waals surface area contributed by atoms with Crippen LogP contribution in [0.4, 0.5) is 0 Å². The normalized spacial score (nSPS) is 20.4. The zero-order chi connectivity index (χ0) is 18.8. The molecule has 144 valence electrons. The van der Waals surface area contributed by atoms with E-state index in [4.69, 9.17) is 9.72 Å². The zero-order valence-electron chi connectivity index (χ0n) is 16.4. The van der Waals surface area contributed by atoms with E-state index in [0.29, 0.717) is 12.5 Å². The van der Waals surface area contributed by atoms with Gasteiger partial charge in [-0.15, -0.1) is 0 Å². The summed E-state index contributed by atoms with van der Waals surface area (Å²) in [5.41, 5.74) is 2.29. The second-order valence-corrected chi connectivity index (χ2v) is 7.83. The molecule has 0 aliphatic carbocycles. The summed E-state index contributed by atoms with van der Waals surface area (Å²) < 4.78 is 7.82. The molecule has 27 heavy (non-hydrogen) atoms. The number of likely N-dealkylation sites (tertiary alicyclic amines) is 1. The summed E-state index contributed by atoms with van der Waals surface area (Å²) in [6.45, 7) is 4.05. The molecular formula is C22H29N3O2. The molecule has 5 nitrogen and oxygen atoms in total. The maximum absolute atomic E-state index is 13.0. The van der Waals surface area contributed by atoms with Gasteiger partial charge in [0.15, 0.2) is 0 Å². The molecule has 5 heteroatoms. The van der Waals surface area contributed by atoms with Gasteiger partial charge in [-0.2, -0.15) is 0 Å². The lowest BCUT2D eigenvalue weighted by atomic mass is 9.91. The molecule has 1 aromatic carbocycles. The summed E-state index contributed by atoms with van der Waals surface area (Å²) in [5, 5.41) is 0. The molecule has 1 saturated heterocycles. The molecular weight excluding hydrogens is 338 g/mol. The third-order valence-electron chi connectivity index (χ3n) is 6.06. The van der Waals surface area contributed by atoms with Gasteiger partial charge in [-0.3, -0.25) is 4.79 Å². The lowest BCUT2D eigenvalue weighted by Gasteiger charge is -2.28. The van der Waals surface area contributed by atoms with Crippen LogP contribution in [0.15, 0.2) is 30.5 Å². The minimum absolute atomic E-state index is 0.00926. The Kier molecular flexibility index (Phi) is 5.19. The molecule has 2 atom stereocenters. The van der Waals surface area contributed by atoms with Crippen molar-refractivity contribution in [1.82, 2.24) is 14.5 Å². The summed E-state index contributed by atoms with van der Waals surface area (Å²) in [4.78, 5) is 19.7. The van der Waals surface area contributed by atoms with Gasteiger partial charge in [0.25, 0.3) is 0 Å². The highest BCUT2D eigenvalue weighted by atomic mass is 16.5. The number of imidazole rings is 1. The van der Waals surface area contributed by atoms with Crippen LogP contribution in [-0.2, 0) is 11.2 Å². The number of rotatable bonds is 5. The molecule has 2 aliphatic heterocycles. The van der Waals surface area contributed by atoms with Gasteiger partial charge in [-0.25, -0.2) is 4.98 Å². The van der Waals surface area contributed by atoms with Crippen molar-refractivity contribution in [2.24, 2.45) is 0 Å². The Labute approximate surface area is 161 Å². The number of carbonyl (C=O) groups is 1. The monoisotopic (exact) mass is 367 g/mol. The van der Waals surface area contributed by atoms with Crippen molar-refractivity contribution in [3.8, 4) is 5.75 Å². The van der Waals surface area contributed by atoms with Gasteiger partial charge in [0.1, 0.15) is 11.6 Å². The molecule has 3 heterocycles. The first-order chi connectivity index (χ1) is 13.2. The first-order valence-electron chi connectivity index (χ1n) is 10.1. The van der Waals surface area contributed by atoms with E-state index in [2.05, 4.69) is 23.6 Å². The summed E-state index contributed by atoms with van der Waals surface area (Å²) in [6, 6.07) is 8.57. The molecule has 0 N–H and O–H groups in total. The topological polar surface area (TPSA) is 47.4 Å². The van der Waals surface area contributed by atoms with E-state index in [1.807, 2.05) is 23.2 Å². The van der Waals surface area contributed by atoms with E-state index in [-0.39, 0.29) is 11.8 Å². The predicted molar refractivity (Wildman–Crippen MR) is 105 cm³/mol. The Morgan fingerprint density at radius 1 is 1.30 bits per heavy atom. The van der Waals surface area contributed by atoms with Crippen LogP contribution in [0.25, 0.3) is 0 Å². The van der Waals surface area contributed by atoms with Gasteiger partial charge in [0, 0.05) is 49.8 Å². The van der Waals surface area contributed by atoms with Crippen LogP contribution in [0.2, 0.25) is 0 Å². The third kappa shape index (κ3) is 3.60. The number of aryl methyl sites for hydroxylation is 1. The first-order valence-corrected chi connectivity index (χ1v) is 10.1. The number of nitrogens with zero attached hydrogens (tertiary/aromatic N) is 3. The van der Waals surface area contributed by atoms with Crippen LogP contribution in [0.5, 0.6) is 5.75 Å². The van der Waals surface area contributed by atoms with Crippen molar-refractivity contribution in [2.45, 2.75) is 57.4 Å². The Morgan fingerprint density at radius 3 is 2.89 bits per heavy atom. The highest BCUT2D eigenvalue weighted by molar-refractivity contribution is 5.78.